The summed E-state index contributed by atoms with van der Waals surface area (Å²) in [6, 6.07) is 8.32. The summed E-state index contributed by atoms with van der Waals surface area (Å²) in [5.74, 6) is 2.14. The molecule has 108 valence electrons. The highest BCUT2D eigenvalue weighted by Gasteiger charge is 2.00. The quantitative estimate of drug-likeness (QED) is 0.712. The number of rotatable bonds is 10. The van der Waals surface area contributed by atoms with Gasteiger partial charge in [0.05, 0.1) is 0 Å². The Balaban J connectivity index is 2.28. The van der Waals surface area contributed by atoms with Gasteiger partial charge < -0.3 is 15.0 Å². The van der Waals surface area contributed by atoms with Gasteiger partial charge in [-0.25, -0.2) is 0 Å². The van der Waals surface area contributed by atoms with Crippen LogP contribution in [0.4, 0.5) is 0 Å². The molecule has 19 heavy (non-hydrogen) atoms. The van der Waals surface area contributed by atoms with E-state index in [1.807, 2.05) is 17.8 Å². The molecule has 3 nitrogen and oxygen atoms in total. The maximum atomic E-state index is 5.80. The summed E-state index contributed by atoms with van der Waals surface area (Å²) in [7, 11) is 2.14. The average Bonchev–Trinajstić information content (AvgIpc) is 2.43. The number of nitrogens with zero attached hydrogens (tertiary/aromatic N) is 1. The van der Waals surface area contributed by atoms with E-state index in [-0.39, 0.29) is 0 Å². The summed E-state index contributed by atoms with van der Waals surface area (Å²) in [6.07, 6.45) is 2.14. The molecular formula is C15H26N2OS. The smallest absolute Gasteiger partial charge is 0.119 e. The fraction of sp³-hybridized carbons (Fsp3) is 0.600. The van der Waals surface area contributed by atoms with E-state index in [4.69, 9.17) is 4.74 Å². The van der Waals surface area contributed by atoms with Crippen molar-refractivity contribution in [2.24, 2.45) is 0 Å². The summed E-state index contributed by atoms with van der Waals surface area (Å²) in [4.78, 5) is 2.30. The van der Waals surface area contributed by atoms with Gasteiger partial charge in [0.1, 0.15) is 12.4 Å². The van der Waals surface area contributed by atoms with Gasteiger partial charge in [0, 0.05) is 25.4 Å². The van der Waals surface area contributed by atoms with Crippen LogP contribution in [0.15, 0.2) is 24.3 Å². The van der Waals surface area contributed by atoms with E-state index < -0.39 is 0 Å². The third kappa shape index (κ3) is 7.45. The number of nitrogens with one attached hydrogen (secondary N) is 1. The Bertz CT molecular complexity index is 347. The van der Waals surface area contributed by atoms with E-state index in [2.05, 4.69) is 48.6 Å². The van der Waals surface area contributed by atoms with Gasteiger partial charge in [-0.15, -0.1) is 0 Å². The Kier molecular flexibility index (Phi) is 8.71. The minimum atomic E-state index is 0.746. The maximum absolute atomic E-state index is 5.80. The minimum Gasteiger partial charge on any atom is -0.492 e. The standard InChI is InChI=1S/C15H26N2OS/c1-4-16-13-14-6-5-7-15(12-14)18-10-8-17(2)9-11-19-3/h5-7,12,16H,4,8-11,13H2,1-3H3. The molecule has 1 aromatic carbocycles. The second kappa shape index (κ2) is 10.1. The van der Waals surface area contributed by atoms with Crippen LogP contribution in [0, 0.1) is 0 Å². The number of likely N-dealkylation sites (N-methyl/N-ethyl adjacent to an activating group) is 1. The molecule has 0 saturated heterocycles. The van der Waals surface area contributed by atoms with Crippen molar-refractivity contribution in [3.05, 3.63) is 29.8 Å². The first-order valence-corrected chi connectivity index (χ1v) is 8.25. The SMILES string of the molecule is CCNCc1cccc(OCCN(C)CCSC)c1. The van der Waals surface area contributed by atoms with Crippen LogP contribution in [0.5, 0.6) is 5.75 Å². The van der Waals surface area contributed by atoms with Gasteiger partial charge >= 0.3 is 0 Å². The number of hydrogen-bond acceptors (Lipinski definition) is 4. The number of thioether (sulfide) groups is 1. The predicted molar refractivity (Wildman–Crippen MR) is 85.2 cm³/mol. The average molecular weight is 282 g/mol. The highest BCUT2D eigenvalue weighted by molar-refractivity contribution is 7.98. The first-order valence-electron chi connectivity index (χ1n) is 6.86. The first kappa shape index (κ1) is 16.3. The predicted octanol–water partition coefficient (Wildman–Crippen LogP) is 2.47. The minimum absolute atomic E-state index is 0.746. The Morgan fingerprint density at radius 1 is 1.32 bits per heavy atom. The molecule has 0 bridgehead atoms. The van der Waals surface area contributed by atoms with Crippen molar-refractivity contribution in [2.75, 3.05) is 45.3 Å². The van der Waals surface area contributed by atoms with Crippen LogP contribution in [-0.2, 0) is 6.54 Å². The summed E-state index contributed by atoms with van der Waals surface area (Å²) >= 11 is 1.88. The molecule has 1 aromatic rings. The van der Waals surface area contributed by atoms with Gasteiger partial charge in [-0.2, -0.15) is 11.8 Å². The van der Waals surface area contributed by atoms with Gasteiger partial charge in [-0.1, -0.05) is 19.1 Å². The van der Waals surface area contributed by atoms with Crippen LogP contribution in [0.3, 0.4) is 0 Å². The molecule has 0 amide bonds. The molecule has 0 spiro atoms. The van der Waals surface area contributed by atoms with Crippen molar-refractivity contribution in [1.82, 2.24) is 10.2 Å². The molecule has 0 saturated carbocycles. The largest absolute Gasteiger partial charge is 0.492 e. The third-order valence-electron chi connectivity index (χ3n) is 2.90. The van der Waals surface area contributed by atoms with Crippen LogP contribution in [0.25, 0.3) is 0 Å². The molecule has 1 rings (SSSR count). The highest BCUT2D eigenvalue weighted by Crippen LogP contribution is 2.13. The lowest BCUT2D eigenvalue weighted by atomic mass is 10.2. The first-order chi connectivity index (χ1) is 9.26. The van der Waals surface area contributed by atoms with Crippen molar-refractivity contribution in [3.63, 3.8) is 0 Å². The zero-order chi connectivity index (χ0) is 13.9. The summed E-state index contributed by atoms with van der Waals surface area (Å²) < 4.78 is 5.80. The van der Waals surface area contributed by atoms with Crippen molar-refractivity contribution < 1.29 is 4.74 Å². The lowest BCUT2D eigenvalue weighted by Gasteiger charge is -2.16. The third-order valence-corrected chi connectivity index (χ3v) is 3.49. The summed E-state index contributed by atoms with van der Waals surface area (Å²) in [5.41, 5.74) is 1.27. The molecule has 1 N–H and O–H groups in total. The van der Waals surface area contributed by atoms with Crippen molar-refractivity contribution in [3.8, 4) is 5.75 Å². The van der Waals surface area contributed by atoms with E-state index in [1.165, 1.54) is 11.3 Å². The maximum Gasteiger partial charge on any atom is 0.119 e. The molecule has 0 atom stereocenters. The topological polar surface area (TPSA) is 24.5 Å². The highest BCUT2D eigenvalue weighted by atomic mass is 32.2. The second-order valence-electron chi connectivity index (χ2n) is 4.57. The molecule has 0 aromatic heterocycles. The van der Waals surface area contributed by atoms with Crippen LogP contribution >= 0.6 is 11.8 Å². The van der Waals surface area contributed by atoms with Gasteiger partial charge in [-0.05, 0) is 37.5 Å². The normalized spacial score (nSPS) is 10.9. The van der Waals surface area contributed by atoms with Crippen molar-refractivity contribution in [1.29, 1.82) is 0 Å². The molecule has 4 heteroatoms. The summed E-state index contributed by atoms with van der Waals surface area (Å²) in [6.45, 7) is 6.84. The number of ether oxygens (including phenoxy) is 1. The van der Waals surface area contributed by atoms with Gasteiger partial charge in [0.2, 0.25) is 0 Å². The summed E-state index contributed by atoms with van der Waals surface area (Å²) in [5, 5.41) is 3.32. The van der Waals surface area contributed by atoms with Gasteiger partial charge in [0.25, 0.3) is 0 Å². The molecule has 0 aliphatic rings. The van der Waals surface area contributed by atoms with Crippen LogP contribution in [0.1, 0.15) is 12.5 Å². The zero-order valence-electron chi connectivity index (χ0n) is 12.3. The lowest BCUT2D eigenvalue weighted by molar-refractivity contribution is 0.244. The van der Waals surface area contributed by atoms with Crippen molar-refractivity contribution in [2.45, 2.75) is 13.5 Å². The number of benzene rings is 1. The number of hydrogen-bond donors (Lipinski definition) is 1. The molecule has 0 unspecified atom stereocenters. The van der Waals surface area contributed by atoms with Crippen LogP contribution in [0.2, 0.25) is 0 Å². The van der Waals surface area contributed by atoms with Crippen LogP contribution < -0.4 is 10.1 Å². The van der Waals surface area contributed by atoms with E-state index in [1.54, 1.807) is 0 Å². The Morgan fingerprint density at radius 2 is 2.16 bits per heavy atom. The monoisotopic (exact) mass is 282 g/mol. The Hall–Kier alpha value is -0.710. The zero-order valence-corrected chi connectivity index (χ0v) is 13.1. The Morgan fingerprint density at radius 3 is 2.89 bits per heavy atom. The Labute approximate surface area is 121 Å². The molecular weight excluding hydrogens is 256 g/mol. The fourth-order valence-corrected chi connectivity index (χ4v) is 2.19. The van der Waals surface area contributed by atoms with E-state index >= 15 is 0 Å². The molecule has 0 fully saturated rings. The lowest BCUT2D eigenvalue weighted by Crippen LogP contribution is -2.26. The molecule has 0 aliphatic carbocycles. The van der Waals surface area contributed by atoms with Crippen LogP contribution in [-0.4, -0.2) is 50.2 Å². The van der Waals surface area contributed by atoms with Gasteiger partial charge in [0.15, 0.2) is 0 Å². The fourth-order valence-electron chi connectivity index (χ4n) is 1.69. The molecule has 0 aliphatic heterocycles. The van der Waals surface area contributed by atoms with E-state index in [9.17, 15) is 0 Å². The van der Waals surface area contributed by atoms with E-state index in [0.717, 1.165) is 38.5 Å². The van der Waals surface area contributed by atoms with Crippen molar-refractivity contribution >= 4 is 11.8 Å². The van der Waals surface area contributed by atoms with Gasteiger partial charge in [-0.3, -0.25) is 0 Å². The van der Waals surface area contributed by atoms with E-state index in [0.29, 0.717) is 0 Å². The second-order valence-corrected chi connectivity index (χ2v) is 5.56. The molecule has 0 radical (unpaired) electrons. The molecule has 0 heterocycles.